The van der Waals surface area contributed by atoms with Crippen molar-refractivity contribution in [1.29, 1.82) is 0 Å². The van der Waals surface area contributed by atoms with Gasteiger partial charge < -0.3 is 4.90 Å². The van der Waals surface area contributed by atoms with Crippen LogP contribution in [0.25, 0.3) is 0 Å². The third-order valence-corrected chi connectivity index (χ3v) is 6.20. The Labute approximate surface area is 166 Å². The van der Waals surface area contributed by atoms with Gasteiger partial charge in [0.25, 0.3) is 0 Å². The van der Waals surface area contributed by atoms with Gasteiger partial charge in [0, 0.05) is 24.5 Å². The second-order valence-corrected chi connectivity index (χ2v) is 8.11. The predicted octanol–water partition coefficient (Wildman–Crippen LogP) is 3.71. The lowest BCUT2D eigenvalue weighted by molar-refractivity contribution is -0.131. The average Bonchev–Trinajstić information content (AvgIpc) is 3.14. The quantitative estimate of drug-likeness (QED) is 0.756. The standard InChI is InChI=1S/C22H26ClN3O/c1-14-8-16(9-17-4-3-5-20(14)17)13-26(22(27)11-23)19-6-7-21-18(10-19)12-24-15(2)25-21/h8-9,12,19H,3-7,10-11,13H2,1-2H3. The summed E-state index contributed by atoms with van der Waals surface area (Å²) in [6.07, 6.45) is 8.12. The summed E-state index contributed by atoms with van der Waals surface area (Å²) in [5.41, 5.74) is 7.84. The van der Waals surface area contributed by atoms with Gasteiger partial charge in [-0.2, -0.15) is 0 Å². The van der Waals surface area contributed by atoms with E-state index < -0.39 is 0 Å². The maximum Gasteiger partial charge on any atom is 0.238 e. The largest absolute Gasteiger partial charge is 0.334 e. The lowest BCUT2D eigenvalue weighted by atomic mass is 9.91. The van der Waals surface area contributed by atoms with Crippen LogP contribution >= 0.6 is 11.6 Å². The maximum absolute atomic E-state index is 12.7. The van der Waals surface area contributed by atoms with Crippen molar-refractivity contribution in [3.63, 3.8) is 0 Å². The molecule has 1 unspecified atom stereocenters. The fourth-order valence-electron chi connectivity index (χ4n) is 4.65. The van der Waals surface area contributed by atoms with Crippen molar-refractivity contribution in [3.05, 3.63) is 57.7 Å². The number of rotatable bonds is 4. The number of carbonyl (C=O) groups excluding carboxylic acids is 1. The van der Waals surface area contributed by atoms with Crippen molar-refractivity contribution in [1.82, 2.24) is 14.9 Å². The summed E-state index contributed by atoms with van der Waals surface area (Å²) < 4.78 is 0. The van der Waals surface area contributed by atoms with E-state index in [1.54, 1.807) is 0 Å². The zero-order valence-corrected chi connectivity index (χ0v) is 16.9. The van der Waals surface area contributed by atoms with Crippen molar-refractivity contribution in [2.75, 3.05) is 5.88 Å². The van der Waals surface area contributed by atoms with Gasteiger partial charge in [0.15, 0.2) is 0 Å². The number of nitrogens with zero attached hydrogens (tertiary/aromatic N) is 3. The highest BCUT2D eigenvalue weighted by Crippen LogP contribution is 2.29. The van der Waals surface area contributed by atoms with Gasteiger partial charge in [-0.3, -0.25) is 4.79 Å². The van der Waals surface area contributed by atoms with Crippen molar-refractivity contribution < 1.29 is 4.79 Å². The second kappa shape index (κ2) is 7.59. The number of carbonyl (C=O) groups is 1. The van der Waals surface area contributed by atoms with Crippen LogP contribution in [-0.4, -0.2) is 32.7 Å². The van der Waals surface area contributed by atoms with Gasteiger partial charge in [0.05, 0.1) is 0 Å². The molecule has 27 heavy (non-hydrogen) atoms. The SMILES string of the molecule is Cc1ncc2c(n1)CCC(N(Cc1cc(C)c3c(c1)CCC3)C(=O)CCl)C2. The molecule has 0 bridgehead atoms. The van der Waals surface area contributed by atoms with E-state index in [0.29, 0.717) is 6.54 Å². The smallest absolute Gasteiger partial charge is 0.238 e. The van der Waals surface area contributed by atoms with E-state index in [1.165, 1.54) is 35.1 Å². The molecular formula is C22H26ClN3O. The molecule has 1 heterocycles. The van der Waals surface area contributed by atoms with E-state index in [2.05, 4.69) is 29.0 Å². The van der Waals surface area contributed by atoms with Crippen LogP contribution in [0.15, 0.2) is 18.3 Å². The lowest BCUT2D eigenvalue weighted by Gasteiger charge is -2.35. The average molecular weight is 384 g/mol. The third-order valence-electron chi connectivity index (χ3n) is 5.97. The molecule has 0 N–H and O–H groups in total. The molecular weight excluding hydrogens is 358 g/mol. The number of benzene rings is 1. The Kier molecular flexibility index (Phi) is 5.18. The molecule has 2 aliphatic carbocycles. The van der Waals surface area contributed by atoms with E-state index in [9.17, 15) is 4.79 Å². The van der Waals surface area contributed by atoms with Gasteiger partial charge in [-0.05, 0) is 80.2 Å². The Morgan fingerprint density at radius 2 is 2.07 bits per heavy atom. The number of aromatic nitrogens is 2. The number of hydrogen-bond acceptors (Lipinski definition) is 3. The fraction of sp³-hybridized carbons (Fsp3) is 0.500. The Bertz CT molecular complexity index is 880. The molecule has 0 spiro atoms. The van der Waals surface area contributed by atoms with Crippen molar-refractivity contribution in [2.45, 2.75) is 65.0 Å². The summed E-state index contributed by atoms with van der Waals surface area (Å²) in [6.45, 7) is 4.75. The highest BCUT2D eigenvalue weighted by molar-refractivity contribution is 6.27. The summed E-state index contributed by atoms with van der Waals surface area (Å²) in [4.78, 5) is 23.6. The van der Waals surface area contributed by atoms with Crippen LogP contribution < -0.4 is 0 Å². The molecule has 0 aliphatic heterocycles. The molecule has 2 aliphatic rings. The molecule has 1 atom stereocenters. The normalized spacial score (nSPS) is 18.1. The van der Waals surface area contributed by atoms with Crippen molar-refractivity contribution in [3.8, 4) is 0 Å². The molecule has 0 fully saturated rings. The van der Waals surface area contributed by atoms with Gasteiger partial charge >= 0.3 is 0 Å². The maximum atomic E-state index is 12.7. The molecule has 4 rings (SSSR count). The number of alkyl halides is 1. The predicted molar refractivity (Wildman–Crippen MR) is 107 cm³/mol. The van der Waals surface area contributed by atoms with E-state index in [4.69, 9.17) is 11.6 Å². The minimum Gasteiger partial charge on any atom is -0.334 e. The molecule has 0 radical (unpaired) electrons. The van der Waals surface area contributed by atoms with Crippen molar-refractivity contribution in [2.24, 2.45) is 0 Å². The van der Waals surface area contributed by atoms with E-state index in [0.717, 1.165) is 42.8 Å². The first-order valence-electron chi connectivity index (χ1n) is 9.83. The van der Waals surface area contributed by atoms with Crippen LogP contribution in [0.2, 0.25) is 0 Å². The Morgan fingerprint density at radius 3 is 2.89 bits per heavy atom. The summed E-state index contributed by atoms with van der Waals surface area (Å²) >= 11 is 5.96. The van der Waals surface area contributed by atoms with Crippen LogP contribution in [0.1, 0.15) is 52.2 Å². The summed E-state index contributed by atoms with van der Waals surface area (Å²) in [5.74, 6) is 0.850. The van der Waals surface area contributed by atoms with Gasteiger partial charge in [-0.1, -0.05) is 12.1 Å². The Morgan fingerprint density at radius 1 is 1.22 bits per heavy atom. The van der Waals surface area contributed by atoms with Gasteiger partial charge in [0.2, 0.25) is 5.91 Å². The molecule has 1 aromatic carbocycles. The first-order chi connectivity index (χ1) is 13.0. The molecule has 2 aromatic rings. The summed E-state index contributed by atoms with van der Waals surface area (Å²) in [6, 6.07) is 4.71. The minimum atomic E-state index is 0.0105. The third kappa shape index (κ3) is 3.73. The number of hydrogen-bond donors (Lipinski definition) is 0. The van der Waals surface area contributed by atoms with Gasteiger partial charge in [-0.15, -0.1) is 11.6 Å². The Hall–Kier alpha value is -1.94. The van der Waals surface area contributed by atoms with Crippen LogP contribution in [0.5, 0.6) is 0 Å². The zero-order chi connectivity index (χ0) is 19.0. The molecule has 4 nitrogen and oxygen atoms in total. The monoisotopic (exact) mass is 383 g/mol. The van der Waals surface area contributed by atoms with E-state index >= 15 is 0 Å². The Balaban J connectivity index is 1.58. The van der Waals surface area contributed by atoms with Crippen LogP contribution in [0, 0.1) is 13.8 Å². The first kappa shape index (κ1) is 18.4. The van der Waals surface area contributed by atoms with Crippen LogP contribution in [0.3, 0.4) is 0 Å². The molecule has 1 aromatic heterocycles. The second-order valence-electron chi connectivity index (χ2n) is 7.84. The van der Waals surface area contributed by atoms with E-state index in [1.807, 2.05) is 18.0 Å². The van der Waals surface area contributed by atoms with E-state index in [-0.39, 0.29) is 17.8 Å². The first-order valence-corrected chi connectivity index (χ1v) is 10.4. The number of fused-ring (bicyclic) bond motifs is 2. The summed E-state index contributed by atoms with van der Waals surface area (Å²) in [5, 5.41) is 0. The van der Waals surface area contributed by atoms with Crippen molar-refractivity contribution >= 4 is 17.5 Å². The number of amides is 1. The molecule has 1 amide bonds. The number of aryl methyl sites for hydroxylation is 4. The topological polar surface area (TPSA) is 46.1 Å². The zero-order valence-electron chi connectivity index (χ0n) is 16.1. The molecule has 0 saturated heterocycles. The molecule has 0 saturated carbocycles. The minimum absolute atomic E-state index is 0.0105. The molecule has 142 valence electrons. The highest BCUT2D eigenvalue weighted by atomic mass is 35.5. The highest BCUT2D eigenvalue weighted by Gasteiger charge is 2.29. The van der Waals surface area contributed by atoms with Crippen LogP contribution in [-0.2, 0) is 37.0 Å². The number of halogens is 1. The van der Waals surface area contributed by atoms with Gasteiger partial charge in [-0.25, -0.2) is 9.97 Å². The van der Waals surface area contributed by atoms with Gasteiger partial charge in [0.1, 0.15) is 11.7 Å². The van der Waals surface area contributed by atoms with Crippen LogP contribution in [0.4, 0.5) is 0 Å². The summed E-state index contributed by atoms with van der Waals surface area (Å²) in [7, 11) is 0. The molecule has 5 heteroatoms. The fourth-order valence-corrected chi connectivity index (χ4v) is 4.80. The lowest BCUT2D eigenvalue weighted by Crippen LogP contribution is -2.43.